The molecule has 1 N–H and O–H groups in total. The van der Waals surface area contributed by atoms with E-state index >= 15 is 0 Å². The van der Waals surface area contributed by atoms with E-state index in [1.807, 2.05) is 0 Å². The Bertz CT molecular complexity index is 213. The molecular formula is C14H25N. The van der Waals surface area contributed by atoms with Crippen LogP contribution in [0, 0.1) is 5.41 Å². The lowest BCUT2D eigenvalue weighted by atomic mass is 9.80. The maximum absolute atomic E-state index is 4.01. The Morgan fingerprint density at radius 1 is 0.733 bits per heavy atom. The van der Waals surface area contributed by atoms with Crippen LogP contribution in [-0.2, 0) is 0 Å². The van der Waals surface area contributed by atoms with E-state index in [1.165, 1.54) is 70.6 Å². The summed E-state index contributed by atoms with van der Waals surface area (Å²) in [6, 6.07) is 1.77. The largest absolute Gasteiger partial charge is 0.311 e. The minimum atomic E-state index is 0.787. The van der Waals surface area contributed by atoms with Crippen LogP contribution in [0.1, 0.15) is 70.6 Å². The number of nitrogens with one attached hydrogen (secondary N) is 1. The van der Waals surface area contributed by atoms with Gasteiger partial charge in [-0.05, 0) is 43.9 Å². The molecule has 3 aliphatic carbocycles. The van der Waals surface area contributed by atoms with Gasteiger partial charge in [0.15, 0.2) is 0 Å². The predicted octanol–water partition coefficient (Wildman–Crippen LogP) is 3.63. The van der Waals surface area contributed by atoms with Crippen LogP contribution in [-0.4, -0.2) is 12.1 Å². The van der Waals surface area contributed by atoms with Crippen LogP contribution in [0.25, 0.3) is 0 Å². The third-order valence-corrected chi connectivity index (χ3v) is 5.09. The molecular weight excluding hydrogens is 182 g/mol. The van der Waals surface area contributed by atoms with Crippen LogP contribution in [0.5, 0.6) is 0 Å². The number of rotatable bonds is 2. The van der Waals surface area contributed by atoms with Crippen LogP contribution >= 0.6 is 0 Å². The van der Waals surface area contributed by atoms with Crippen LogP contribution in [0.4, 0.5) is 0 Å². The summed E-state index contributed by atoms with van der Waals surface area (Å²) in [6.45, 7) is 0. The van der Waals surface area contributed by atoms with Crippen molar-refractivity contribution >= 4 is 0 Å². The highest BCUT2D eigenvalue weighted by Crippen LogP contribution is 2.56. The van der Waals surface area contributed by atoms with Gasteiger partial charge in [-0.2, -0.15) is 0 Å². The molecule has 0 amide bonds. The van der Waals surface area contributed by atoms with E-state index in [0.29, 0.717) is 0 Å². The van der Waals surface area contributed by atoms with E-state index in [9.17, 15) is 0 Å². The molecule has 0 heterocycles. The first-order valence-electron chi connectivity index (χ1n) is 7.15. The molecule has 0 aliphatic heterocycles. The zero-order valence-electron chi connectivity index (χ0n) is 9.93. The van der Waals surface area contributed by atoms with Crippen LogP contribution < -0.4 is 5.32 Å². The molecule has 0 saturated heterocycles. The van der Waals surface area contributed by atoms with Crippen molar-refractivity contribution < 1.29 is 0 Å². The molecule has 3 fully saturated rings. The number of hydrogen-bond donors (Lipinski definition) is 1. The van der Waals surface area contributed by atoms with Gasteiger partial charge in [-0.15, -0.1) is 0 Å². The summed E-state index contributed by atoms with van der Waals surface area (Å²) in [5, 5.41) is 4.01. The van der Waals surface area contributed by atoms with E-state index in [0.717, 1.165) is 17.5 Å². The van der Waals surface area contributed by atoms with E-state index in [2.05, 4.69) is 5.32 Å². The normalized spacial score (nSPS) is 35.6. The second kappa shape index (κ2) is 4.08. The smallest absolute Gasteiger partial charge is 0.0126 e. The van der Waals surface area contributed by atoms with Crippen molar-refractivity contribution in [1.29, 1.82) is 0 Å². The van der Waals surface area contributed by atoms with E-state index in [1.54, 1.807) is 0 Å². The maximum Gasteiger partial charge on any atom is 0.0126 e. The fraction of sp³-hybridized carbons (Fsp3) is 1.00. The minimum Gasteiger partial charge on any atom is -0.311 e. The van der Waals surface area contributed by atoms with Gasteiger partial charge < -0.3 is 5.32 Å². The van der Waals surface area contributed by atoms with Crippen molar-refractivity contribution in [1.82, 2.24) is 5.32 Å². The predicted molar refractivity (Wildman–Crippen MR) is 63.9 cm³/mol. The quantitative estimate of drug-likeness (QED) is 0.729. The van der Waals surface area contributed by atoms with Gasteiger partial charge in [0, 0.05) is 12.1 Å². The minimum absolute atomic E-state index is 0.787. The maximum atomic E-state index is 4.01. The standard InChI is InChI=1S/C14H25N/c1-2-6-12(7-3-1)15-13-8-4-5-9-14(13)10-11-14/h12-13,15H,1-11H2. The van der Waals surface area contributed by atoms with Crippen molar-refractivity contribution in [2.75, 3.05) is 0 Å². The van der Waals surface area contributed by atoms with Crippen molar-refractivity contribution in [3.05, 3.63) is 0 Å². The summed E-state index contributed by atoms with van der Waals surface area (Å²) in [5.41, 5.74) is 0.787. The molecule has 0 aromatic heterocycles. The molecule has 0 bridgehead atoms. The summed E-state index contributed by atoms with van der Waals surface area (Å²) in [5.74, 6) is 0. The SMILES string of the molecule is C1CCC(NC2CCCCC23CC3)CC1. The molecule has 3 rings (SSSR count). The van der Waals surface area contributed by atoms with E-state index in [4.69, 9.17) is 0 Å². The Labute approximate surface area is 94.0 Å². The molecule has 1 nitrogen and oxygen atoms in total. The van der Waals surface area contributed by atoms with Crippen LogP contribution in [0.3, 0.4) is 0 Å². The van der Waals surface area contributed by atoms with Crippen LogP contribution in [0.15, 0.2) is 0 Å². The van der Waals surface area contributed by atoms with Gasteiger partial charge >= 0.3 is 0 Å². The van der Waals surface area contributed by atoms with E-state index in [-0.39, 0.29) is 0 Å². The number of hydrogen-bond acceptors (Lipinski definition) is 1. The molecule has 0 radical (unpaired) electrons. The lowest BCUT2D eigenvalue weighted by Gasteiger charge is -2.37. The van der Waals surface area contributed by atoms with Gasteiger partial charge in [0.25, 0.3) is 0 Å². The van der Waals surface area contributed by atoms with Gasteiger partial charge in [-0.25, -0.2) is 0 Å². The highest BCUT2D eigenvalue weighted by Gasteiger charge is 2.50. The van der Waals surface area contributed by atoms with E-state index < -0.39 is 0 Å². The lowest BCUT2D eigenvalue weighted by molar-refractivity contribution is 0.205. The second-order valence-electron chi connectivity index (χ2n) is 6.16. The molecule has 1 spiro atoms. The molecule has 0 aromatic rings. The molecule has 1 unspecified atom stereocenters. The summed E-state index contributed by atoms with van der Waals surface area (Å²) in [7, 11) is 0. The molecule has 86 valence electrons. The van der Waals surface area contributed by atoms with Crippen molar-refractivity contribution in [2.45, 2.75) is 82.7 Å². The molecule has 1 heteroatoms. The van der Waals surface area contributed by atoms with Gasteiger partial charge in [0.05, 0.1) is 0 Å². The van der Waals surface area contributed by atoms with Gasteiger partial charge in [0.1, 0.15) is 0 Å². The van der Waals surface area contributed by atoms with Crippen molar-refractivity contribution in [3.8, 4) is 0 Å². The first-order chi connectivity index (χ1) is 7.39. The topological polar surface area (TPSA) is 12.0 Å². The summed E-state index contributed by atoms with van der Waals surface area (Å²) in [6.07, 6.45) is 16.3. The highest BCUT2D eigenvalue weighted by molar-refractivity contribution is 5.04. The molecule has 3 saturated carbocycles. The lowest BCUT2D eigenvalue weighted by Crippen LogP contribution is -2.46. The van der Waals surface area contributed by atoms with Gasteiger partial charge in [-0.1, -0.05) is 32.1 Å². The summed E-state index contributed by atoms with van der Waals surface area (Å²) in [4.78, 5) is 0. The Morgan fingerprint density at radius 3 is 2.20 bits per heavy atom. The first kappa shape index (κ1) is 10.1. The third kappa shape index (κ3) is 2.08. The molecule has 0 aromatic carbocycles. The molecule has 15 heavy (non-hydrogen) atoms. The van der Waals surface area contributed by atoms with Gasteiger partial charge in [0.2, 0.25) is 0 Å². The Morgan fingerprint density at radius 2 is 1.47 bits per heavy atom. The highest BCUT2D eigenvalue weighted by atomic mass is 15.0. The molecule has 3 aliphatic rings. The second-order valence-corrected chi connectivity index (χ2v) is 6.16. The Kier molecular flexibility index (Phi) is 2.76. The van der Waals surface area contributed by atoms with Crippen LogP contribution in [0.2, 0.25) is 0 Å². The third-order valence-electron chi connectivity index (χ3n) is 5.09. The van der Waals surface area contributed by atoms with Crippen molar-refractivity contribution in [3.63, 3.8) is 0 Å². The van der Waals surface area contributed by atoms with Gasteiger partial charge in [-0.3, -0.25) is 0 Å². The Hall–Kier alpha value is -0.0400. The zero-order valence-corrected chi connectivity index (χ0v) is 9.93. The van der Waals surface area contributed by atoms with Crippen molar-refractivity contribution in [2.24, 2.45) is 5.41 Å². The first-order valence-corrected chi connectivity index (χ1v) is 7.15. The zero-order chi connectivity index (χ0) is 10.1. The fourth-order valence-corrected chi connectivity index (χ4v) is 3.88. The average molecular weight is 207 g/mol. The summed E-state index contributed by atoms with van der Waals surface area (Å²) < 4.78 is 0. The average Bonchev–Trinajstić information content (AvgIpc) is 3.04. The summed E-state index contributed by atoms with van der Waals surface area (Å²) >= 11 is 0. The fourth-order valence-electron chi connectivity index (χ4n) is 3.88. The monoisotopic (exact) mass is 207 g/mol. The Balaban J connectivity index is 1.56. The molecule has 1 atom stereocenters.